The first-order valence-corrected chi connectivity index (χ1v) is 6.04. The van der Waals surface area contributed by atoms with Crippen LogP contribution < -0.4 is 5.32 Å². The van der Waals surface area contributed by atoms with Crippen molar-refractivity contribution in [3.8, 4) is 0 Å². The molecule has 1 atom stereocenters. The summed E-state index contributed by atoms with van der Waals surface area (Å²) < 4.78 is 14.4. The average molecular weight is 272 g/mol. The highest BCUT2D eigenvalue weighted by Crippen LogP contribution is 2.36. The van der Waals surface area contributed by atoms with Gasteiger partial charge in [0.15, 0.2) is 0 Å². The minimum absolute atomic E-state index is 0.0760. The van der Waals surface area contributed by atoms with Crippen LogP contribution in [0.5, 0.6) is 0 Å². The van der Waals surface area contributed by atoms with E-state index in [-0.39, 0.29) is 11.4 Å². The lowest BCUT2D eigenvalue weighted by molar-refractivity contribution is 0.428. The van der Waals surface area contributed by atoms with E-state index in [1.807, 2.05) is 12.1 Å². The number of nitrogens with one attached hydrogen (secondary N) is 1. The lowest BCUT2D eigenvalue weighted by Crippen LogP contribution is -2.33. The fourth-order valence-corrected chi connectivity index (χ4v) is 3.08. The molecule has 0 aliphatic carbocycles. The average Bonchev–Trinajstić information content (AvgIpc) is 2.62. The summed E-state index contributed by atoms with van der Waals surface area (Å²) in [4.78, 5) is 0. The van der Waals surface area contributed by atoms with Crippen LogP contribution in [0.2, 0.25) is 0 Å². The number of benzene rings is 1. The second-order valence-corrected chi connectivity index (χ2v) is 5.21. The summed E-state index contributed by atoms with van der Waals surface area (Å²) in [6.45, 7) is 4.93. The highest BCUT2D eigenvalue weighted by Gasteiger charge is 2.32. The summed E-state index contributed by atoms with van der Waals surface area (Å²) in [5.74, 6) is -0.137. The van der Waals surface area contributed by atoms with Gasteiger partial charge in [-0.25, -0.2) is 4.39 Å². The summed E-state index contributed by atoms with van der Waals surface area (Å²) in [7, 11) is 0. The van der Waals surface area contributed by atoms with Crippen LogP contribution in [0.4, 0.5) is 4.39 Å². The van der Waals surface area contributed by atoms with Gasteiger partial charge in [0.05, 0.1) is 4.47 Å². The molecule has 1 aliphatic rings. The van der Waals surface area contributed by atoms with Crippen molar-refractivity contribution in [2.75, 3.05) is 6.54 Å². The maximum atomic E-state index is 13.7. The fraction of sp³-hybridized carbons (Fsp3) is 0.500. The highest BCUT2D eigenvalue weighted by atomic mass is 79.9. The molecule has 2 rings (SSSR count). The molecule has 1 aliphatic heterocycles. The first-order valence-electron chi connectivity index (χ1n) is 5.25. The van der Waals surface area contributed by atoms with Crippen molar-refractivity contribution < 1.29 is 4.39 Å². The molecular formula is C12H15BrFN. The lowest BCUT2D eigenvalue weighted by Gasteiger charge is -2.26. The first kappa shape index (κ1) is 11.1. The maximum Gasteiger partial charge on any atom is 0.140 e. The molecule has 0 amide bonds. The van der Waals surface area contributed by atoms with Crippen LogP contribution in [-0.2, 0) is 5.54 Å². The summed E-state index contributed by atoms with van der Waals surface area (Å²) in [6, 6.07) is 3.86. The Balaban J connectivity index is 2.49. The van der Waals surface area contributed by atoms with E-state index in [4.69, 9.17) is 0 Å². The molecule has 15 heavy (non-hydrogen) atoms. The summed E-state index contributed by atoms with van der Waals surface area (Å²) in [6.07, 6.45) is 2.21. The molecule has 1 saturated heterocycles. The Labute approximate surface area is 98.2 Å². The molecule has 0 spiro atoms. The third-order valence-corrected chi connectivity index (χ3v) is 4.01. The topological polar surface area (TPSA) is 12.0 Å². The second-order valence-electron chi connectivity index (χ2n) is 4.42. The van der Waals surface area contributed by atoms with Crippen molar-refractivity contribution in [3.05, 3.63) is 33.5 Å². The van der Waals surface area contributed by atoms with Crippen LogP contribution in [0.1, 0.15) is 30.9 Å². The van der Waals surface area contributed by atoms with E-state index in [0.29, 0.717) is 10.0 Å². The van der Waals surface area contributed by atoms with E-state index >= 15 is 0 Å². The van der Waals surface area contributed by atoms with E-state index in [1.54, 1.807) is 6.92 Å². The van der Waals surface area contributed by atoms with E-state index in [9.17, 15) is 4.39 Å². The molecule has 1 nitrogen and oxygen atoms in total. The van der Waals surface area contributed by atoms with E-state index in [2.05, 4.69) is 28.2 Å². The van der Waals surface area contributed by atoms with Crippen LogP contribution >= 0.6 is 15.9 Å². The molecular weight excluding hydrogens is 257 g/mol. The van der Waals surface area contributed by atoms with Gasteiger partial charge in [-0.1, -0.05) is 12.1 Å². The molecule has 0 aromatic heterocycles. The predicted molar refractivity (Wildman–Crippen MR) is 63.4 cm³/mol. The molecule has 0 radical (unpaired) electrons. The Morgan fingerprint density at radius 1 is 1.47 bits per heavy atom. The maximum absolute atomic E-state index is 13.7. The molecule has 3 heteroatoms. The van der Waals surface area contributed by atoms with Gasteiger partial charge in [-0.15, -0.1) is 0 Å². The fourth-order valence-electron chi connectivity index (χ4n) is 2.20. The van der Waals surface area contributed by atoms with Gasteiger partial charge in [0.1, 0.15) is 5.82 Å². The second kappa shape index (κ2) is 3.87. The predicted octanol–water partition coefficient (Wildman–Crippen LogP) is 3.50. The van der Waals surface area contributed by atoms with Crippen molar-refractivity contribution in [2.45, 2.75) is 32.2 Å². The zero-order chi connectivity index (χ0) is 11.1. The van der Waals surface area contributed by atoms with Gasteiger partial charge >= 0.3 is 0 Å². The zero-order valence-electron chi connectivity index (χ0n) is 9.03. The van der Waals surface area contributed by atoms with Crippen LogP contribution in [0.3, 0.4) is 0 Å². The molecule has 0 saturated carbocycles. The number of rotatable bonds is 1. The summed E-state index contributed by atoms with van der Waals surface area (Å²) in [5.41, 5.74) is 1.64. The van der Waals surface area contributed by atoms with Crippen molar-refractivity contribution in [1.82, 2.24) is 5.32 Å². The Kier molecular flexibility index (Phi) is 2.86. The molecule has 1 unspecified atom stereocenters. The quantitative estimate of drug-likeness (QED) is 0.825. The molecule has 1 fully saturated rings. The smallest absolute Gasteiger partial charge is 0.140 e. The minimum atomic E-state index is -0.137. The third-order valence-electron chi connectivity index (χ3n) is 3.24. The minimum Gasteiger partial charge on any atom is -0.308 e. The zero-order valence-corrected chi connectivity index (χ0v) is 10.6. The number of hydrogen-bond donors (Lipinski definition) is 1. The molecule has 1 heterocycles. The van der Waals surface area contributed by atoms with Gasteiger partial charge in [0, 0.05) is 5.54 Å². The Morgan fingerprint density at radius 2 is 2.20 bits per heavy atom. The molecule has 1 aromatic carbocycles. The van der Waals surface area contributed by atoms with Gasteiger partial charge in [0.2, 0.25) is 0 Å². The van der Waals surface area contributed by atoms with E-state index in [0.717, 1.165) is 24.9 Å². The van der Waals surface area contributed by atoms with Crippen molar-refractivity contribution >= 4 is 15.9 Å². The monoisotopic (exact) mass is 271 g/mol. The Hall–Kier alpha value is -0.410. The normalized spacial score (nSPS) is 25.9. The van der Waals surface area contributed by atoms with Crippen LogP contribution in [0.15, 0.2) is 16.6 Å². The Morgan fingerprint density at radius 3 is 2.80 bits per heavy atom. The van der Waals surface area contributed by atoms with Crippen LogP contribution in [-0.4, -0.2) is 6.54 Å². The lowest BCUT2D eigenvalue weighted by atomic mass is 9.90. The van der Waals surface area contributed by atoms with Gasteiger partial charge in [-0.3, -0.25) is 0 Å². The molecule has 1 N–H and O–H groups in total. The van der Waals surface area contributed by atoms with Gasteiger partial charge in [-0.05, 0) is 60.3 Å². The Bertz CT molecular complexity index is 383. The van der Waals surface area contributed by atoms with E-state index < -0.39 is 0 Å². The van der Waals surface area contributed by atoms with E-state index in [1.165, 1.54) is 0 Å². The standard InChI is InChI=1S/C12H15BrFN/c1-8-4-5-9(10(13)11(8)14)12(2)6-3-7-15-12/h4-5,15H,3,6-7H2,1-2H3. The molecule has 0 bridgehead atoms. The largest absolute Gasteiger partial charge is 0.308 e. The summed E-state index contributed by atoms with van der Waals surface area (Å²) in [5, 5.41) is 3.44. The first-order chi connectivity index (χ1) is 7.04. The van der Waals surface area contributed by atoms with Crippen molar-refractivity contribution in [1.29, 1.82) is 0 Å². The number of aryl methyl sites for hydroxylation is 1. The van der Waals surface area contributed by atoms with Gasteiger partial charge in [0.25, 0.3) is 0 Å². The summed E-state index contributed by atoms with van der Waals surface area (Å²) >= 11 is 3.36. The number of halogens is 2. The molecule has 1 aromatic rings. The van der Waals surface area contributed by atoms with Gasteiger partial charge in [-0.2, -0.15) is 0 Å². The molecule has 82 valence electrons. The highest BCUT2D eigenvalue weighted by molar-refractivity contribution is 9.10. The SMILES string of the molecule is Cc1ccc(C2(C)CCCN2)c(Br)c1F. The van der Waals surface area contributed by atoms with Crippen LogP contribution in [0, 0.1) is 12.7 Å². The van der Waals surface area contributed by atoms with Crippen molar-refractivity contribution in [2.24, 2.45) is 0 Å². The number of hydrogen-bond acceptors (Lipinski definition) is 1. The third kappa shape index (κ3) is 1.83. The van der Waals surface area contributed by atoms with Crippen LogP contribution in [0.25, 0.3) is 0 Å². The van der Waals surface area contributed by atoms with Crippen molar-refractivity contribution in [3.63, 3.8) is 0 Å². The van der Waals surface area contributed by atoms with Gasteiger partial charge < -0.3 is 5.32 Å².